The minimum absolute atomic E-state index is 0.129. The van der Waals surface area contributed by atoms with Gasteiger partial charge in [0.25, 0.3) is 0 Å². The number of carbonyl (C=O) groups excluding carboxylic acids is 1. The van der Waals surface area contributed by atoms with Gasteiger partial charge in [-0.25, -0.2) is 17.5 Å². The molecule has 1 amide bonds. The van der Waals surface area contributed by atoms with E-state index in [-0.39, 0.29) is 17.3 Å². The number of furan rings is 1. The number of halogens is 1. The largest absolute Gasteiger partial charge is 0.457 e. The van der Waals surface area contributed by atoms with Crippen LogP contribution in [-0.4, -0.2) is 38.4 Å². The summed E-state index contributed by atoms with van der Waals surface area (Å²) in [6.07, 6.45) is 4.32. The van der Waals surface area contributed by atoms with E-state index in [4.69, 9.17) is 4.42 Å². The number of sulfonamides is 1. The number of amides is 1. The lowest BCUT2D eigenvalue weighted by molar-refractivity contribution is -0.127. The fourth-order valence-corrected chi connectivity index (χ4v) is 4.83. The molecule has 0 radical (unpaired) electrons. The Morgan fingerprint density at radius 1 is 1.17 bits per heavy atom. The van der Waals surface area contributed by atoms with E-state index in [2.05, 4.69) is 4.72 Å². The van der Waals surface area contributed by atoms with E-state index >= 15 is 0 Å². The molecule has 1 aliphatic rings. The SMILES string of the molecule is O=C(/C=C/c1cc2ccccc2o1)N1CCCC(NS(=O)(=O)c2cccc(F)c2)C1. The fraction of sp³-hybridized carbons (Fsp3) is 0.227. The Balaban J connectivity index is 1.41. The summed E-state index contributed by atoms with van der Waals surface area (Å²) in [7, 11) is -3.86. The lowest BCUT2D eigenvalue weighted by Crippen LogP contribution is -2.49. The molecule has 0 spiro atoms. The first-order valence-electron chi connectivity index (χ1n) is 9.64. The monoisotopic (exact) mass is 428 g/mol. The van der Waals surface area contributed by atoms with Crippen LogP contribution in [0.5, 0.6) is 0 Å². The molecule has 156 valence electrons. The van der Waals surface area contributed by atoms with Crippen molar-refractivity contribution in [3.63, 3.8) is 0 Å². The predicted molar refractivity (Wildman–Crippen MR) is 112 cm³/mol. The molecule has 1 saturated heterocycles. The number of nitrogens with one attached hydrogen (secondary N) is 1. The molecule has 1 unspecified atom stereocenters. The lowest BCUT2D eigenvalue weighted by atomic mass is 10.1. The van der Waals surface area contributed by atoms with Crippen molar-refractivity contribution in [2.24, 2.45) is 0 Å². The van der Waals surface area contributed by atoms with Gasteiger partial charge in [-0.1, -0.05) is 24.3 Å². The first kappa shape index (κ1) is 20.3. The van der Waals surface area contributed by atoms with Crippen LogP contribution in [0, 0.1) is 5.82 Å². The molecule has 1 fully saturated rings. The minimum atomic E-state index is -3.86. The number of rotatable bonds is 5. The highest BCUT2D eigenvalue weighted by atomic mass is 32.2. The van der Waals surface area contributed by atoms with Crippen LogP contribution in [0.3, 0.4) is 0 Å². The number of hydrogen-bond acceptors (Lipinski definition) is 4. The van der Waals surface area contributed by atoms with Gasteiger partial charge in [-0.2, -0.15) is 0 Å². The van der Waals surface area contributed by atoms with Gasteiger partial charge < -0.3 is 9.32 Å². The van der Waals surface area contributed by atoms with Crippen LogP contribution in [0.2, 0.25) is 0 Å². The summed E-state index contributed by atoms with van der Waals surface area (Å²) in [5, 5.41) is 0.953. The highest BCUT2D eigenvalue weighted by molar-refractivity contribution is 7.89. The van der Waals surface area contributed by atoms with Gasteiger partial charge in [0, 0.05) is 30.6 Å². The van der Waals surface area contributed by atoms with Gasteiger partial charge in [0.05, 0.1) is 4.90 Å². The number of nitrogens with zero attached hydrogens (tertiary/aromatic N) is 1. The number of hydrogen-bond donors (Lipinski definition) is 1. The highest BCUT2D eigenvalue weighted by Gasteiger charge is 2.27. The summed E-state index contributed by atoms with van der Waals surface area (Å²) in [6.45, 7) is 0.791. The van der Waals surface area contributed by atoms with E-state index in [9.17, 15) is 17.6 Å². The maximum Gasteiger partial charge on any atom is 0.246 e. The third kappa shape index (κ3) is 4.60. The molecule has 0 saturated carbocycles. The Kier molecular flexibility index (Phi) is 5.69. The molecular weight excluding hydrogens is 407 g/mol. The molecule has 30 heavy (non-hydrogen) atoms. The minimum Gasteiger partial charge on any atom is -0.457 e. The normalized spacial score (nSPS) is 17.6. The van der Waals surface area contributed by atoms with E-state index < -0.39 is 21.9 Å². The van der Waals surface area contributed by atoms with E-state index in [1.54, 1.807) is 11.0 Å². The smallest absolute Gasteiger partial charge is 0.246 e. The third-order valence-electron chi connectivity index (χ3n) is 5.00. The first-order chi connectivity index (χ1) is 14.4. The lowest BCUT2D eigenvalue weighted by Gasteiger charge is -2.32. The molecule has 0 bridgehead atoms. The van der Waals surface area contributed by atoms with Gasteiger partial charge in [-0.15, -0.1) is 0 Å². The average molecular weight is 428 g/mol. The molecule has 1 N–H and O–H groups in total. The van der Waals surface area contributed by atoms with Crippen LogP contribution in [0.15, 0.2) is 70.0 Å². The molecule has 3 aromatic rings. The fourth-order valence-electron chi connectivity index (χ4n) is 3.54. The highest BCUT2D eigenvalue weighted by Crippen LogP contribution is 2.20. The van der Waals surface area contributed by atoms with Gasteiger partial charge in [-0.05, 0) is 49.2 Å². The van der Waals surface area contributed by atoms with Gasteiger partial charge in [0.15, 0.2) is 0 Å². The van der Waals surface area contributed by atoms with E-state index in [0.717, 1.165) is 17.0 Å². The van der Waals surface area contributed by atoms with Gasteiger partial charge >= 0.3 is 0 Å². The zero-order chi connectivity index (χ0) is 21.1. The topological polar surface area (TPSA) is 79.6 Å². The summed E-state index contributed by atoms with van der Waals surface area (Å²) in [4.78, 5) is 14.1. The summed E-state index contributed by atoms with van der Waals surface area (Å²) in [6, 6.07) is 13.8. The van der Waals surface area contributed by atoms with E-state index in [1.165, 1.54) is 24.3 Å². The molecule has 4 rings (SSSR count). The zero-order valence-electron chi connectivity index (χ0n) is 16.1. The summed E-state index contributed by atoms with van der Waals surface area (Å²) >= 11 is 0. The maximum atomic E-state index is 13.4. The van der Waals surface area contributed by atoms with E-state index in [0.29, 0.717) is 25.1 Å². The van der Waals surface area contributed by atoms with Crippen molar-refractivity contribution in [2.75, 3.05) is 13.1 Å². The Labute approximate surface area is 174 Å². The number of benzene rings is 2. The van der Waals surface area contributed by atoms with Crippen LogP contribution < -0.4 is 4.72 Å². The van der Waals surface area contributed by atoms with E-state index in [1.807, 2.05) is 30.3 Å². The second-order valence-corrected chi connectivity index (χ2v) is 8.94. The number of piperidine rings is 1. The Bertz CT molecular complexity index is 1170. The van der Waals surface area contributed by atoms with Gasteiger partial charge in [0.2, 0.25) is 15.9 Å². The molecule has 8 heteroatoms. The summed E-state index contributed by atoms with van der Waals surface area (Å²) in [5.74, 6) is -0.260. The van der Waals surface area contributed by atoms with Crippen molar-refractivity contribution < 1.29 is 22.0 Å². The quantitative estimate of drug-likeness (QED) is 0.631. The maximum absolute atomic E-state index is 13.4. The molecule has 1 atom stereocenters. The number of carbonyl (C=O) groups is 1. The Morgan fingerprint density at radius 2 is 2.00 bits per heavy atom. The Hall–Kier alpha value is -2.97. The van der Waals surface area contributed by atoms with Crippen LogP contribution in [0.4, 0.5) is 4.39 Å². The summed E-state index contributed by atoms with van der Waals surface area (Å²) in [5.41, 5.74) is 0.745. The van der Waals surface area contributed by atoms with Crippen LogP contribution in [0.1, 0.15) is 18.6 Å². The summed E-state index contributed by atoms with van der Waals surface area (Å²) < 4.78 is 46.7. The van der Waals surface area contributed by atoms with Crippen molar-refractivity contribution >= 4 is 33.0 Å². The van der Waals surface area contributed by atoms with Crippen molar-refractivity contribution in [2.45, 2.75) is 23.8 Å². The molecule has 2 aromatic carbocycles. The first-order valence-corrected chi connectivity index (χ1v) is 11.1. The zero-order valence-corrected chi connectivity index (χ0v) is 16.9. The molecule has 1 aromatic heterocycles. The van der Waals surface area contributed by atoms with Crippen molar-refractivity contribution in [3.8, 4) is 0 Å². The predicted octanol–water partition coefficient (Wildman–Crippen LogP) is 3.55. The van der Waals surface area contributed by atoms with Crippen molar-refractivity contribution in [3.05, 3.63) is 72.3 Å². The Morgan fingerprint density at radius 3 is 2.80 bits per heavy atom. The van der Waals surface area contributed by atoms with Crippen molar-refractivity contribution in [1.82, 2.24) is 9.62 Å². The molecule has 6 nitrogen and oxygen atoms in total. The average Bonchev–Trinajstić information content (AvgIpc) is 3.15. The molecule has 0 aliphatic carbocycles. The molecule has 2 heterocycles. The van der Waals surface area contributed by atoms with Crippen LogP contribution in [0.25, 0.3) is 17.0 Å². The number of para-hydroxylation sites is 1. The molecular formula is C22H21FN2O4S. The van der Waals surface area contributed by atoms with Crippen molar-refractivity contribution in [1.29, 1.82) is 0 Å². The third-order valence-corrected chi connectivity index (χ3v) is 6.51. The second kappa shape index (κ2) is 8.41. The number of fused-ring (bicyclic) bond motifs is 1. The van der Waals surface area contributed by atoms with Crippen LogP contribution in [-0.2, 0) is 14.8 Å². The second-order valence-electron chi connectivity index (χ2n) is 7.22. The van der Waals surface area contributed by atoms with Gasteiger partial charge in [0.1, 0.15) is 17.2 Å². The number of likely N-dealkylation sites (tertiary alicyclic amines) is 1. The standard InChI is InChI=1S/C22H21FN2O4S/c23-17-6-3-8-20(14-17)30(27,28)24-18-7-4-12-25(15-18)22(26)11-10-19-13-16-5-1-2-9-21(16)29-19/h1-3,5-6,8-11,13-14,18,24H,4,7,12,15H2/b11-10+. The molecule has 1 aliphatic heterocycles. The van der Waals surface area contributed by atoms with Gasteiger partial charge in [-0.3, -0.25) is 4.79 Å². The van der Waals surface area contributed by atoms with Crippen LogP contribution >= 0.6 is 0 Å².